The van der Waals surface area contributed by atoms with Crippen molar-refractivity contribution in [2.75, 3.05) is 0 Å². The average Bonchev–Trinajstić information content (AvgIpc) is 3.45. The molecule has 2 aromatic carbocycles. The van der Waals surface area contributed by atoms with Gasteiger partial charge in [-0.15, -0.1) is 5.10 Å². The van der Waals surface area contributed by atoms with Crippen LogP contribution in [0, 0.1) is 34.2 Å². The number of benzene rings is 2. The quantitative estimate of drug-likeness (QED) is 0.332. The number of carbonyl (C=O) groups is 1. The molecule has 6 rings (SSSR count). The van der Waals surface area contributed by atoms with Gasteiger partial charge in [0.2, 0.25) is 5.88 Å². The highest BCUT2D eigenvalue weighted by Crippen LogP contribution is 2.62. The van der Waals surface area contributed by atoms with Crippen LogP contribution in [-0.4, -0.2) is 21.9 Å². The lowest BCUT2D eigenvalue weighted by molar-refractivity contribution is 0.103. The minimum atomic E-state index is -0.747. The van der Waals surface area contributed by atoms with E-state index in [-0.39, 0.29) is 40.2 Å². The molecule has 1 heterocycles. The molecule has 0 saturated heterocycles. The van der Waals surface area contributed by atoms with Crippen LogP contribution in [0.4, 0.5) is 18.0 Å². The zero-order valence-corrected chi connectivity index (χ0v) is 23.3. The molecule has 2 bridgehead atoms. The Bertz CT molecular complexity index is 1430. The second-order valence-electron chi connectivity index (χ2n) is 12.8. The average molecular weight is 552 g/mol. The van der Waals surface area contributed by atoms with Crippen LogP contribution in [-0.2, 0) is 12.8 Å². The van der Waals surface area contributed by atoms with Crippen molar-refractivity contribution in [2.24, 2.45) is 16.7 Å². The minimum Gasteiger partial charge on any atom is -0.389 e. The third-order valence-electron chi connectivity index (χ3n) is 9.86. The number of amides is 1. The molecule has 2 fully saturated rings. The Morgan fingerprint density at radius 2 is 1.80 bits per heavy atom. The SMILES string of the molecule is CC12CCC(C1)C(C)(C)[C@H]2NC(=O)Oc1nn(-c2ccc(F)cc2F)c2c1CCCCC2Cc1ccc(F)cc1. The molecular weight excluding hydrogens is 515 g/mol. The van der Waals surface area contributed by atoms with Crippen LogP contribution in [0.5, 0.6) is 5.88 Å². The number of halogens is 3. The summed E-state index contributed by atoms with van der Waals surface area (Å²) in [6.45, 7) is 6.67. The summed E-state index contributed by atoms with van der Waals surface area (Å²) in [5, 5.41) is 7.79. The normalized spacial score (nSPS) is 26.8. The Labute approximate surface area is 233 Å². The van der Waals surface area contributed by atoms with Crippen molar-refractivity contribution in [1.29, 1.82) is 0 Å². The number of carbonyl (C=O) groups excluding carboxylic acids is 1. The molecule has 212 valence electrons. The summed E-state index contributed by atoms with van der Waals surface area (Å²) in [5.41, 5.74) is 2.55. The van der Waals surface area contributed by atoms with Gasteiger partial charge in [-0.05, 0) is 91.5 Å². The van der Waals surface area contributed by atoms with Crippen LogP contribution < -0.4 is 10.1 Å². The molecule has 3 aliphatic rings. The zero-order valence-electron chi connectivity index (χ0n) is 23.3. The molecule has 1 aromatic heterocycles. The van der Waals surface area contributed by atoms with Gasteiger partial charge in [-0.1, -0.05) is 39.3 Å². The highest BCUT2D eigenvalue weighted by atomic mass is 19.1. The van der Waals surface area contributed by atoms with Gasteiger partial charge in [-0.2, -0.15) is 0 Å². The monoisotopic (exact) mass is 551 g/mol. The number of ether oxygens (including phenoxy) is 1. The molecular formula is C32H36F3N3O2. The van der Waals surface area contributed by atoms with Crippen LogP contribution in [0.2, 0.25) is 0 Å². The second kappa shape index (κ2) is 9.96. The van der Waals surface area contributed by atoms with Gasteiger partial charge in [0.1, 0.15) is 17.3 Å². The van der Waals surface area contributed by atoms with E-state index in [2.05, 4.69) is 31.2 Å². The van der Waals surface area contributed by atoms with Gasteiger partial charge in [-0.3, -0.25) is 0 Å². The standard InChI is InChI=1S/C32H36F3N3O2/c1-31(2)21-14-15-32(3,18-21)29(31)36-30(39)40-28-24-7-5-4-6-20(16-19-8-10-22(33)11-9-19)27(24)38(37-28)26-13-12-23(34)17-25(26)35/h8-13,17,20-21,29H,4-7,14-16,18H2,1-3H3,(H,36,39)/t20?,21?,29-,32?/m1/s1. The third-order valence-corrected chi connectivity index (χ3v) is 9.86. The zero-order chi connectivity index (χ0) is 28.2. The van der Waals surface area contributed by atoms with E-state index >= 15 is 4.39 Å². The molecule has 3 aromatic rings. The lowest BCUT2D eigenvalue weighted by atomic mass is 9.68. The van der Waals surface area contributed by atoms with Gasteiger partial charge in [0.15, 0.2) is 5.82 Å². The van der Waals surface area contributed by atoms with Crippen molar-refractivity contribution in [1.82, 2.24) is 15.1 Å². The molecule has 0 radical (unpaired) electrons. The summed E-state index contributed by atoms with van der Waals surface area (Å²) in [5.74, 6) is -1.09. The summed E-state index contributed by atoms with van der Waals surface area (Å²) >= 11 is 0. The van der Waals surface area contributed by atoms with E-state index in [9.17, 15) is 13.6 Å². The molecule has 40 heavy (non-hydrogen) atoms. The maximum Gasteiger partial charge on any atom is 0.414 e. The van der Waals surface area contributed by atoms with Crippen molar-refractivity contribution in [3.63, 3.8) is 0 Å². The summed E-state index contributed by atoms with van der Waals surface area (Å²) in [7, 11) is 0. The first-order valence-electron chi connectivity index (χ1n) is 14.4. The van der Waals surface area contributed by atoms with Gasteiger partial charge in [0.25, 0.3) is 0 Å². The van der Waals surface area contributed by atoms with E-state index in [1.54, 1.807) is 12.1 Å². The Morgan fingerprint density at radius 3 is 2.50 bits per heavy atom. The molecule has 1 amide bonds. The first-order chi connectivity index (χ1) is 19.0. The topological polar surface area (TPSA) is 56.1 Å². The minimum absolute atomic E-state index is 0.0206. The fourth-order valence-electron chi connectivity index (χ4n) is 7.85. The largest absolute Gasteiger partial charge is 0.414 e. The molecule has 3 unspecified atom stereocenters. The Hall–Kier alpha value is -3.29. The highest BCUT2D eigenvalue weighted by molar-refractivity contribution is 5.71. The summed E-state index contributed by atoms with van der Waals surface area (Å²) in [4.78, 5) is 13.4. The van der Waals surface area contributed by atoms with Crippen molar-refractivity contribution in [2.45, 2.75) is 84.1 Å². The molecule has 5 nitrogen and oxygen atoms in total. The van der Waals surface area contributed by atoms with Crippen molar-refractivity contribution >= 4 is 6.09 Å². The van der Waals surface area contributed by atoms with Crippen LogP contribution in [0.15, 0.2) is 42.5 Å². The maximum atomic E-state index is 15.1. The van der Waals surface area contributed by atoms with Crippen molar-refractivity contribution in [3.8, 4) is 11.6 Å². The summed E-state index contributed by atoms with van der Waals surface area (Å²) < 4.78 is 49.9. The number of hydrogen-bond acceptors (Lipinski definition) is 3. The lowest BCUT2D eigenvalue weighted by Gasteiger charge is -2.42. The molecule has 1 N–H and O–H groups in total. The number of nitrogens with zero attached hydrogens (tertiary/aromatic N) is 2. The Kier molecular flexibility index (Phi) is 6.70. The second-order valence-corrected chi connectivity index (χ2v) is 12.8. The fraction of sp³-hybridized carbons (Fsp3) is 0.500. The number of fused-ring (bicyclic) bond motifs is 3. The Balaban J connectivity index is 1.36. The van der Waals surface area contributed by atoms with Crippen LogP contribution >= 0.6 is 0 Å². The fourth-order valence-corrected chi connectivity index (χ4v) is 7.85. The molecule has 0 aliphatic heterocycles. The van der Waals surface area contributed by atoms with E-state index in [0.29, 0.717) is 18.8 Å². The van der Waals surface area contributed by atoms with E-state index in [1.807, 2.05) is 0 Å². The molecule has 8 heteroatoms. The maximum absolute atomic E-state index is 15.1. The van der Waals surface area contributed by atoms with E-state index in [0.717, 1.165) is 55.0 Å². The van der Waals surface area contributed by atoms with Crippen LogP contribution in [0.3, 0.4) is 0 Å². The predicted molar refractivity (Wildman–Crippen MR) is 146 cm³/mol. The van der Waals surface area contributed by atoms with Gasteiger partial charge in [0, 0.05) is 23.6 Å². The first-order valence-corrected chi connectivity index (χ1v) is 14.4. The van der Waals surface area contributed by atoms with Crippen LogP contribution in [0.25, 0.3) is 5.69 Å². The summed E-state index contributed by atoms with van der Waals surface area (Å²) in [6, 6.07) is 9.74. The Morgan fingerprint density at radius 1 is 1.05 bits per heavy atom. The first kappa shape index (κ1) is 26.9. The van der Waals surface area contributed by atoms with E-state index < -0.39 is 17.7 Å². The number of rotatable bonds is 5. The summed E-state index contributed by atoms with van der Waals surface area (Å²) in [6.07, 6.45) is 6.58. The number of hydrogen-bond donors (Lipinski definition) is 1. The van der Waals surface area contributed by atoms with Crippen LogP contribution in [0.1, 0.15) is 82.0 Å². The van der Waals surface area contributed by atoms with Gasteiger partial charge in [0.05, 0.1) is 5.69 Å². The number of nitrogens with one attached hydrogen (secondary N) is 1. The van der Waals surface area contributed by atoms with Gasteiger partial charge in [-0.25, -0.2) is 22.6 Å². The third kappa shape index (κ3) is 4.69. The van der Waals surface area contributed by atoms with E-state index in [4.69, 9.17) is 4.74 Å². The molecule has 0 spiro atoms. The molecule has 2 saturated carbocycles. The predicted octanol–water partition coefficient (Wildman–Crippen LogP) is 7.65. The smallest absolute Gasteiger partial charge is 0.389 e. The van der Waals surface area contributed by atoms with Gasteiger partial charge < -0.3 is 10.1 Å². The molecule has 4 atom stereocenters. The van der Waals surface area contributed by atoms with E-state index in [1.165, 1.54) is 35.4 Å². The highest BCUT2D eigenvalue weighted by Gasteiger charge is 2.60. The van der Waals surface area contributed by atoms with Crippen molar-refractivity contribution in [3.05, 3.63) is 76.7 Å². The molecule has 3 aliphatic carbocycles. The lowest BCUT2D eigenvalue weighted by Crippen LogP contribution is -2.53. The number of aromatic nitrogens is 2. The van der Waals surface area contributed by atoms with Crippen molar-refractivity contribution < 1.29 is 22.7 Å². The van der Waals surface area contributed by atoms with Gasteiger partial charge >= 0.3 is 6.09 Å².